The van der Waals surface area contributed by atoms with Crippen LogP contribution in [-0.2, 0) is 0 Å². The minimum Gasteiger partial charge on any atom is -0.504 e. The van der Waals surface area contributed by atoms with Crippen LogP contribution in [-0.4, -0.2) is 5.11 Å². The molecule has 1 rings (SSSR count). The number of hydrogen-bond acceptors (Lipinski definition) is 1. The molecule has 66 valence electrons. The molecule has 0 saturated carbocycles. The molecule has 1 N–H and O–H groups in total. The van der Waals surface area contributed by atoms with E-state index in [2.05, 4.69) is 15.9 Å². The minimum atomic E-state index is -1.29. The molecule has 0 aromatic heterocycles. The van der Waals surface area contributed by atoms with E-state index in [4.69, 9.17) is 5.11 Å². The van der Waals surface area contributed by atoms with Crippen LogP contribution in [0.1, 0.15) is 5.56 Å². The number of phenolic OH excluding ortho intramolecular Hbond substituents is 1. The van der Waals surface area contributed by atoms with Gasteiger partial charge in [0.2, 0.25) is 0 Å². The van der Waals surface area contributed by atoms with Gasteiger partial charge in [-0.05, 0) is 22.9 Å². The number of aromatic hydroxyl groups is 1. The number of benzene rings is 1. The molecule has 0 amide bonds. The predicted molar refractivity (Wildman–Crippen MR) is 40.4 cm³/mol. The molecule has 1 aromatic carbocycles. The van der Waals surface area contributed by atoms with Gasteiger partial charge in [0, 0.05) is 5.56 Å². The van der Waals surface area contributed by atoms with Crippen molar-refractivity contribution in [1.82, 2.24) is 0 Å². The Kier molecular flexibility index (Phi) is 2.32. The van der Waals surface area contributed by atoms with Gasteiger partial charge in [0.15, 0.2) is 23.2 Å². The molecule has 0 fully saturated rings. The van der Waals surface area contributed by atoms with Gasteiger partial charge in [0.25, 0.3) is 0 Å². The monoisotopic (exact) mass is 240 g/mol. The second-order valence-electron chi connectivity index (χ2n) is 2.23. The lowest BCUT2D eigenvalue weighted by atomic mass is 10.2. The Balaban J connectivity index is 3.60. The maximum Gasteiger partial charge on any atom is 0.177 e. The van der Waals surface area contributed by atoms with Crippen molar-refractivity contribution in [2.24, 2.45) is 0 Å². The smallest absolute Gasteiger partial charge is 0.177 e. The van der Waals surface area contributed by atoms with Crippen molar-refractivity contribution < 1.29 is 18.3 Å². The number of hydrogen-bond donors (Lipinski definition) is 1. The first-order chi connectivity index (χ1) is 5.46. The molecule has 1 nitrogen and oxygen atoms in total. The Hall–Kier alpha value is -0.710. The van der Waals surface area contributed by atoms with E-state index < -0.39 is 33.2 Å². The van der Waals surface area contributed by atoms with E-state index >= 15 is 0 Å². The summed E-state index contributed by atoms with van der Waals surface area (Å²) in [6.07, 6.45) is 0. The van der Waals surface area contributed by atoms with Crippen LogP contribution in [0.5, 0.6) is 5.75 Å². The van der Waals surface area contributed by atoms with Crippen molar-refractivity contribution in [2.75, 3.05) is 0 Å². The van der Waals surface area contributed by atoms with Crippen molar-refractivity contribution in [1.29, 1.82) is 0 Å². The van der Waals surface area contributed by atoms with Gasteiger partial charge in [-0.25, -0.2) is 13.2 Å². The van der Waals surface area contributed by atoms with Crippen LogP contribution in [0.2, 0.25) is 0 Å². The van der Waals surface area contributed by atoms with Crippen LogP contribution in [0.25, 0.3) is 0 Å². The SMILES string of the molecule is Cc1c(F)c(O)c(Br)c(F)c1F. The molecule has 0 unspecified atom stereocenters. The molecule has 0 aliphatic heterocycles. The summed E-state index contributed by atoms with van der Waals surface area (Å²) in [6, 6.07) is 0. The minimum absolute atomic E-state index is 0.534. The molecule has 0 spiro atoms. The fourth-order valence-corrected chi connectivity index (χ4v) is 1.08. The Labute approximate surface area is 75.0 Å². The summed E-state index contributed by atoms with van der Waals surface area (Å²) in [6.45, 7) is 1.04. The number of halogens is 4. The molecule has 0 radical (unpaired) electrons. The standard InChI is InChI=1S/C7H4BrF3O/c1-2-4(9)6(11)3(8)7(12)5(2)10/h12H,1H3. The number of phenols is 1. The van der Waals surface area contributed by atoms with Crippen molar-refractivity contribution >= 4 is 15.9 Å². The highest BCUT2D eigenvalue weighted by Gasteiger charge is 2.20. The maximum absolute atomic E-state index is 12.7. The van der Waals surface area contributed by atoms with Gasteiger partial charge in [-0.15, -0.1) is 0 Å². The molecule has 0 heterocycles. The Bertz CT molecular complexity index is 233. The lowest BCUT2D eigenvalue weighted by Crippen LogP contribution is -1.95. The van der Waals surface area contributed by atoms with Gasteiger partial charge >= 0.3 is 0 Å². The normalized spacial score (nSPS) is 10.4. The highest BCUT2D eigenvalue weighted by Crippen LogP contribution is 2.33. The first-order valence-electron chi connectivity index (χ1n) is 2.98. The van der Waals surface area contributed by atoms with Crippen molar-refractivity contribution in [2.45, 2.75) is 6.92 Å². The topological polar surface area (TPSA) is 20.2 Å². The van der Waals surface area contributed by atoms with Crippen LogP contribution >= 0.6 is 15.9 Å². The average molecular weight is 241 g/mol. The Morgan fingerprint density at radius 1 is 1.08 bits per heavy atom. The third-order valence-electron chi connectivity index (χ3n) is 1.46. The summed E-state index contributed by atoms with van der Waals surface area (Å²) in [4.78, 5) is 0. The summed E-state index contributed by atoms with van der Waals surface area (Å²) < 4.78 is 37.5. The highest BCUT2D eigenvalue weighted by atomic mass is 79.9. The molecule has 0 bridgehead atoms. The molecule has 0 aliphatic rings. The fourth-order valence-electron chi connectivity index (χ4n) is 0.735. The molecule has 0 atom stereocenters. The van der Waals surface area contributed by atoms with E-state index in [1.165, 1.54) is 0 Å². The van der Waals surface area contributed by atoms with Gasteiger partial charge < -0.3 is 5.11 Å². The molecule has 0 aliphatic carbocycles. The first kappa shape index (κ1) is 9.38. The van der Waals surface area contributed by atoms with Crippen LogP contribution < -0.4 is 0 Å². The summed E-state index contributed by atoms with van der Waals surface area (Å²) in [7, 11) is 0. The summed E-state index contributed by atoms with van der Waals surface area (Å²) in [5.74, 6) is -4.64. The van der Waals surface area contributed by atoms with E-state index in [-0.39, 0.29) is 0 Å². The lowest BCUT2D eigenvalue weighted by molar-refractivity contribution is 0.403. The van der Waals surface area contributed by atoms with Crippen molar-refractivity contribution in [3.8, 4) is 5.75 Å². The quantitative estimate of drug-likeness (QED) is 0.546. The molecule has 5 heteroatoms. The van der Waals surface area contributed by atoms with E-state index in [1.807, 2.05) is 0 Å². The Morgan fingerprint density at radius 3 is 2.08 bits per heavy atom. The third-order valence-corrected chi connectivity index (χ3v) is 2.18. The first-order valence-corrected chi connectivity index (χ1v) is 3.77. The molecule has 12 heavy (non-hydrogen) atoms. The third kappa shape index (κ3) is 1.18. The average Bonchev–Trinajstić information content (AvgIpc) is 2.08. The van der Waals surface area contributed by atoms with Gasteiger partial charge in [-0.1, -0.05) is 0 Å². The van der Waals surface area contributed by atoms with E-state index in [0.29, 0.717) is 0 Å². The second-order valence-corrected chi connectivity index (χ2v) is 3.02. The Morgan fingerprint density at radius 2 is 1.58 bits per heavy atom. The molecular formula is C7H4BrF3O. The van der Waals surface area contributed by atoms with Gasteiger partial charge in [0.05, 0.1) is 0 Å². The summed E-state index contributed by atoms with van der Waals surface area (Å²) in [5.41, 5.74) is -0.534. The van der Waals surface area contributed by atoms with Crippen LogP contribution in [0.4, 0.5) is 13.2 Å². The van der Waals surface area contributed by atoms with Crippen LogP contribution in [0, 0.1) is 24.4 Å². The van der Waals surface area contributed by atoms with E-state index in [9.17, 15) is 13.2 Å². The summed E-state index contributed by atoms with van der Waals surface area (Å²) >= 11 is 2.51. The largest absolute Gasteiger partial charge is 0.504 e. The second kappa shape index (κ2) is 2.97. The molecule has 1 aromatic rings. The fraction of sp³-hybridized carbons (Fsp3) is 0.143. The van der Waals surface area contributed by atoms with Crippen molar-refractivity contribution in [3.05, 3.63) is 27.5 Å². The van der Waals surface area contributed by atoms with Crippen LogP contribution in [0.3, 0.4) is 0 Å². The van der Waals surface area contributed by atoms with Crippen molar-refractivity contribution in [3.63, 3.8) is 0 Å². The zero-order valence-corrected chi connectivity index (χ0v) is 7.55. The van der Waals surface area contributed by atoms with Gasteiger partial charge in [-0.3, -0.25) is 0 Å². The van der Waals surface area contributed by atoms with Gasteiger partial charge in [-0.2, -0.15) is 0 Å². The summed E-state index contributed by atoms with van der Waals surface area (Å²) in [5, 5.41) is 8.86. The molecular weight excluding hydrogens is 237 g/mol. The maximum atomic E-state index is 12.7. The van der Waals surface area contributed by atoms with E-state index in [1.54, 1.807) is 0 Å². The lowest BCUT2D eigenvalue weighted by Gasteiger charge is -2.04. The zero-order chi connectivity index (χ0) is 9.46. The molecule has 0 saturated heterocycles. The van der Waals surface area contributed by atoms with Gasteiger partial charge in [0.1, 0.15) is 4.47 Å². The van der Waals surface area contributed by atoms with E-state index in [0.717, 1.165) is 6.92 Å². The highest BCUT2D eigenvalue weighted by molar-refractivity contribution is 9.10. The number of rotatable bonds is 0. The van der Waals surface area contributed by atoms with Crippen LogP contribution in [0.15, 0.2) is 4.47 Å². The predicted octanol–water partition coefficient (Wildman–Crippen LogP) is 2.88. The zero-order valence-electron chi connectivity index (χ0n) is 5.96.